The minimum absolute atomic E-state index is 0.134. The number of para-hydroxylation sites is 1. The second kappa shape index (κ2) is 13.1. The molecule has 3 amide bonds. The van der Waals surface area contributed by atoms with Gasteiger partial charge in [-0.2, -0.15) is 0 Å². The lowest BCUT2D eigenvalue weighted by Crippen LogP contribution is -2.55. The summed E-state index contributed by atoms with van der Waals surface area (Å²) < 4.78 is 5.37. The van der Waals surface area contributed by atoms with Gasteiger partial charge in [0, 0.05) is 6.54 Å². The molecule has 9 heteroatoms. The molecule has 0 aromatic heterocycles. The highest BCUT2D eigenvalue weighted by Gasteiger charge is 2.37. The summed E-state index contributed by atoms with van der Waals surface area (Å²) in [6.45, 7) is 13.9. The normalized spacial score (nSPS) is 13.0. The fourth-order valence-corrected chi connectivity index (χ4v) is 4.49. The summed E-state index contributed by atoms with van der Waals surface area (Å²) in [5.74, 6) is -1.34. The maximum absolute atomic E-state index is 14.0. The molecule has 2 rings (SSSR count). The first-order chi connectivity index (χ1) is 17.6. The average Bonchev–Trinajstić information content (AvgIpc) is 2.77. The first-order valence-corrected chi connectivity index (χ1v) is 13.1. The molecular formula is C29H40ClN3O5. The van der Waals surface area contributed by atoms with Gasteiger partial charge in [-0.15, -0.1) is 0 Å². The third-order valence-corrected chi connectivity index (χ3v) is 6.13. The van der Waals surface area contributed by atoms with E-state index in [2.05, 4.69) is 10.6 Å². The molecule has 8 nitrogen and oxygen atoms in total. The van der Waals surface area contributed by atoms with Gasteiger partial charge in [-0.3, -0.25) is 9.59 Å². The molecule has 2 aromatic carbocycles. The highest BCUT2D eigenvalue weighted by atomic mass is 35.5. The lowest BCUT2D eigenvalue weighted by atomic mass is 9.96. The number of rotatable bonds is 9. The Kier molecular flexibility index (Phi) is 10.7. The number of aryl methyl sites for hydroxylation is 3. The molecule has 2 aromatic rings. The molecule has 0 aliphatic rings. The predicted molar refractivity (Wildman–Crippen MR) is 150 cm³/mol. The molecule has 0 fully saturated rings. The molecule has 2 unspecified atom stereocenters. The summed E-state index contributed by atoms with van der Waals surface area (Å²) in [4.78, 5) is 41.8. The van der Waals surface area contributed by atoms with Gasteiger partial charge in [0.1, 0.15) is 17.7 Å². The largest absolute Gasteiger partial charge is 0.444 e. The summed E-state index contributed by atoms with van der Waals surface area (Å²) in [5.41, 5.74) is 2.85. The van der Waals surface area contributed by atoms with Crippen LogP contribution in [0.3, 0.4) is 0 Å². The van der Waals surface area contributed by atoms with Crippen LogP contribution in [0.5, 0.6) is 0 Å². The van der Waals surface area contributed by atoms with E-state index in [4.69, 9.17) is 16.3 Å². The highest BCUT2D eigenvalue weighted by molar-refractivity contribution is 6.34. The van der Waals surface area contributed by atoms with Crippen molar-refractivity contribution in [2.24, 2.45) is 5.92 Å². The maximum Gasteiger partial charge on any atom is 0.408 e. The number of benzene rings is 2. The van der Waals surface area contributed by atoms with Crippen molar-refractivity contribution in [2.45, 2.75) is 73.1 Å². The van der Waals surface area contributed by atoms with Crippen LogP contribution in [0.2, 0.25) is 5.02 Å². The zero-order valence-electron chi connectivity index (χ0n) is 23.5. The zero-order chi connectivity index (χ0) is 28.8. The molecule has 0 saturated carbocycles. The Bertz CT molecular complexity index is 1120. The van der Waals surface area contributed by atoms with Gasteiger partial charge in [0.15, 0.2) is 0 Å². The van der Waals surface area contributed by atoms with Crippen LogP contribution < -0.4 is 10.6 Å². The number of halogens is 1. The van der Waals surface area contributed by atoms with E-state index >= 15 is 0 Å². The first-order valence-electron chi connectivity index (χ1n) is 12.7. The molecule has 38 heavy (non-hydrogen) atoms. The average molecular weight is 546 g/mol. The number of amides is 3. The molecule has 3 N–H and O–H groups in total. The minimum atomic E-state index is -1.11. The van der Waals surface area contributed by atoms with Gasteiger partial charge in [-0.25, -0.2) is 4.79 Å². The Morgan fingerprint density at radius 3 is 2.16 bits per heavy atom. The fourth-order valence-electron chi connectivity index (χ4n) is 4.22. The Labute approximate surface area is 230 Å². The smallest absolute Gasteiger partial charge is 0.408 e. The summed E-state index contributed by atoms with van der Waals surface area (Å²) >= 11 is 6.38. The number of carbonyl (C=O) groups is 3. The van der Waals surface area contributed by atoms with Crippen LogP contribution in [0.25, 0.3) is 0 Å². The molecule has 208 valence electrons. The number of nitrogens with one attached hydrogen (secondary N) is 2. The van der Waals surface area contributed by atoms with Gasteiger partial charge in [0.2, 0.25) is 5.91 Å². The Morgan fingerprint density at radius 2 is 1.66 bits per heavy atom. The van der Waals surface area contributed by atoms with Gasteiger partial charge in [-0.1, -0.05) is 66.9 Å². The molecule has 2 atom stereocenters. The maximum atomic E-state index is 14.0. The number of nitrogens with zero attached hydrogens (tertiary/aromatic N) is 1. The van der Waals surface area contributed by atoms with Crippen molar-refractivity contribution < 1.29 is 24.2 Å². The number of carbonyl (C=O) groups excluding carboxylic acids is 3. The number of hydrogen-bond acceptors (Lipinski definition) is 5. The van der Waals surface area contributed by atoms with Crippen LogP contribution in [0, 0.1) is 26.7 Å². The van der Waals surface area contributed by atoms with Crippen molar-refractivity contribution in [3.05, 3.63) is 63.7 Å². The molecule has 0 saturated heterocycles. The van der Waals surface area contributed by atoms with E-state index in [0.29, 0.717) is 16.3 Å². The van der Waals surface area contributed by atoms with Gasteiger partial charge in [-0.05, 0) is 64.7 Å². The third kappa shape index (κ3) is 8.46. The van der Waals surface area contributed by atoms with Crippen molar-refractivity contribution in [3.8, 4) is 0 Å². The second-order valence-corrected chi connectivity index (χ2v) is 11.3. The number of aliphatic hydroxyl groups is 1. The van der Waals surface area contributed by atoms with Crippen molar-refractivity contribution in [1.82, 2.24) is 10.2 Å². The van der Waals surface area contributed by atoms with Crippen LogP contribution >= 0.6 is 11.6 Å². The number of alkyl carbamates (subject to hydrolysis) is 1. The summed E-state index contributed by atoms with van der Waals surface area (Å²) in [6.07, 6.45) is -0.743. The van der Waals surface area contributed by atoms with Crippen molar-refractivity contribution in [1.29, 1.82) is 0 Å². The van der Waals surface area contributed by atoms with Crippen LogP contribution in [-0.2, 0) is 14.3 Å². The van der Waals surface area contributed by atoms with Gasteiger partial charge >= 0.3 is 6.09 Å². The van der Waals surface area contributed by atoms with E-state index in [-0.39, 0.29) is 19.1 Å². The van der Waals surface area contributed by atoms with Gasteiger partial charge in [0.05, 0.1) is 17.3 Å². The minimum Gasteiger partial charge on any atom is -0.444 e. The lowest BCUT2D eigenvalue weighted by molar-refractivity contribution is -0.142. The van der Waals surface area contributed by atoms with Gasteiger partial charge in [0.25, 0.3) is 5.91 Å². The first kappa shape index (κ1) is 31.1. The van der Waals surface area contributed by atoms with E-state index in [9.17, 15) is 19.5 Å². The second-order valence-electron chi connectivity index (χ2n) is 10.9. The van der Waals surface area contributed by atoms with Gasteiger partial charge < -0.3 is 25.4 Å². The summed E-state index contributed by atoms with van der Waals surface area (Å²) in [7, 11) is 0. The number of hydrogen-bond donors (Lipinski definition) is 3. The van der Waals surface area contributed by atoms with Crippen LogP contribution in [0.1, 0.15) is 62.9 Å². The standard InChI is InChI=1S/C29H40ClN3O5/c1-17(2)23(32-28(37)38-29(6,7)8)27(36)33(12-13-34)25(21-15-18(3)14-19(4)16-21)26(35)31-24-20(5)10-9-11-22(24)30/h9-11,14-17,23,25,34H,12-13H2,1-8H3,(H,31,35)(H,32,37). The van der Waals surface area contributed by atoms with E-state index in [1.165, 1.54) is 4.90 Å². The van der Waals surface area contributed by atoms with Crippen LogP contribution in [0.15, 0.2) is 36.4 Å². The third-order valence-electron chi connectivity index (χ3n) is 5.82. The molecule has 0 aliphatic heterocycles. The SMILES string of the molecule is Cc1cc(C)cc(C(C(=O)Nc2c(C)cccc2Cl)N(CCO)C(=O)C(NC(=O)OC(C)(C)C)C(C)C)c1. The van der Waals surface area contributed by atoms with Crippen molar-refractivity contribution >= 4 is 35.2 Å². The number of anilines is 1. The van der Waals surface area contributed by atoms with E-state index in [1.807, 2.05) is 45.0 Å². The molecular weight excluding hydrogens is 506 g/mol. The number of aliphatic hydroxyl groups excluding tert-OH is 1. The molecule has 0 aliphatic carbocycles. The van der Waals surface area contributed by atoms with Crippen LogP contribution in [0.4, 0.5) is 10.5 Å². The molecule has 0 bridgehead atoms. The van der Waals surface area contributed by atoms with E-state index in [0.717, 1.165) is 16.7 Å². The Morgan fingerprint density at radius 1 is 1.05 bits per heavy atom. The van der Waals surface area contributed by atoms with Crippen molar-refractivity contribution in [3.63, 3.8) is 0 Å². The molecule has 0 radical (unpaired) electrons. The molecule has 0 heterocycles. The summed E-state index contributed by atoms with van der Waals surface area (Å²) in [5, 5.41) is 15.9. The van der Waals surface area contributed by atoms with E-state index in [1.54, 1.807) is 46.8 Å². The number of ether oxygens (including phenoxy) is 1. The predicted octanol–water partition coefficient (Wildman–Crippen LogP) is 5.32. The van der Waals surface area contributed by atoms with Crippen molar-refractivity contribution in [2.75, 3.05) is 18.5 Å². The Balaban J connectivity index is 2.58. The molecule has 0 spiro atoms. The Hall–Kier alpha value is -3.10. The quantitative estimate of drug-likeness (QED) is 0.395. The monoisotopic (exact) mass is 545 g/mol. The zero-order valence-corrected chi connectivity index (χ0v) is 24.3. The fraction of sp³-hybridized carbons (Fsp3) is 0.483. The highest BCUT2D eigenvalue weighted by Crippen LogP contribution is 2.30. The lowest BCUT2D eigenvalue weighted by Gasteiger charge is -2.35. The topological polar surface area (TPSA) is 108 Å². The van der Waals surface area contributed by atoms with E-state index < -0.39 is 35.6 Å². The van der Waals surface area contributed by atoms with Crippen LogP contribution in [-0.4, -0.2) is 52.7 Å². The summed E-state index contributed by atoms with van der Waals surface area (Å²) in [6, 6.07) is 8.81.